The van der Waals surface area contributed by atoms with E-state index in [1.54, 1.807) is 52.7 Å². The van der Waals surface area contributed by atoms with E-state index in [0.717, 1.165) is 25.5 Å². The molecule has 1 N–H and O–H groups in total. The molecule has 0 aliphatic carbocycles. The number of rotatable bonds is 6. The molecular formula is C31H23LiN3O4S2. The normalized spacial score (nSPS) is 11.1. The van der Waals surface area contributed by atoms with Crippen molar-refractivity contribution in [2.45, 2.75) is 11.4 Å². The third-order valence-corrected chi connectivity index (χ3v) is 9.54. The number of aromatic carboxylic acids is 1. The van der Waals surface area contributed by atoms with E-state index in [2.05, 4.69) is 12.0 Å². The number of carboxylic acids is 1. The van der Waals surface area contributed by atoms with Crippen molar-refractivity contribution in [1.82, 2.24) is 13.4 Å². The van der Waals surface area contributed by atoms with E-state index in [-0.39, 0.29) is 35.9 Å². The molecule has 10 heteroatoms. The van der Waals surface area contributed by atoms with E-state index >= 15 is 0 Å². The van der Waals surface area contributed by atoms with Gasteiger partial charge < -0.3 is 14.2 Å². The Morgan fingerprint density at radius 3 is 2.54 bits per heavy atom. The van der Waals surface area contributed by atoms with Crippen molar-refractivity contribution in [3.8, 4) is 17.7 Å². The third kappa shape index (κ3) is 5.31. The van der Waals surface area contributed by atoms with Gasteiger partial charge in [-0.1, -0.05) is 30.3 Å². The molecule has 0 fully saturated rings. The second-order valence-corrected chi connectivity index (χ2v) is 12.0. The summed E-state index contributed by atoms with van der Waals surface area (Å²) in [4.78, 5) is 12.2. The Balaban J connectivity index is 0.00000337. The van der Waals surface area contributed by atoms with E-state index in [0.29, 0.717) is 16.6 Å². The van der Waals surface area contributed by atoms with Crippen LogP contribution in [-0.2, 0) is 23.6 Å². The number of sulfonamides is 1. The van der Waals surface area contributed by atoms with Gasteiger partial charge in [0.15, 0.2) is 0 Å². The minimum absolute atomic E-state index is 0. The van der Waals surface area contributed by atoms with Crippen molar-refractivity contribution in [3.05, 3.63) is 120 Å². The van der Waals surface area contributed by atoms with Crippen molar-refractivity contribution in [3.63, 3.8) is 0 Å². The summed E-state index contributed by atoms with van der Waals surface area (Å²) in [7, 11) is -2.09. The smallest absolute Gasteiger partial charge is 0.337 e. The van der Waals surface area contributed by atoms with Crippen LogP contribution >= 0.6 is 11.3 Å². The Morgan fingerprint density at radius 1 is 0.976 bits per heavy atom. The van der Waals surface area contributed by atoms with Crippen molar-refractivity contribution in [2.24, 2.45) is 7.05 Å². The van der Waals surface area contributed by atoms with Gasteiger partial charge in [0.05, 0.1) is 23.4 Å². The number of aromatic nitrogens is 2. The molecule has 199 valence electrons. The Kier molecular flexibility index (Phi) is 7.86. The van der Waals surface area contributed by atoms with Crippen LogP contribution in [0.25, 0.3) is 26.7 Å². The zero-order valence-corrected chi connectivity index (χ0v) is 24.0. The summed E-state index contributed by atoms with van der Waals surface area (Å²) < 4.78 is 33.9. The summed E-state index contributed by atoms with van der Waals surface area (Å²) in [5.41, 5.74) is 2.65. The predicted octanol–water partition coefficient (Wildman–Crippen LogP) is 5.70. The standard InChI is InChI=1S/C31H23N3O4S2.Li/c1-32-17-13-24-19-22(11-12-27(24)32)20-34(40(37,38)29-21-39-28-10-3-2-8-25(28)29)18-14-23-7-6-9-26(31(35)36)30(23)33-15-4-5-16-33;/h2-13,15-17,19,21H,20H2,1H3,(H,35,36);. The van der Waals surface area contributed by atoms with Crippen LogP contribution in [0.15, 0.2) is 108 Å². The maximum absolute atomic E-state index is 14.1. The fourth-order valence-electron chi connectivity index (χ4n) is 4.75. The average Bonchev–Trinajstić information content (AvgIpc) is 3.71. The average molecular weight is 573 g/mol. The second-order valence-electron chi connectivity index (χ2n) is 9.26. The summed E-state index contributed by atoms with van der Waals surface area (Å²) >= 11 is 1.36. The monoisotopic (exact) mass is 572 g/mol. The Labute approximate surface area is 253 Å². The van der Waals surface area contributed by atoms with Gasteiger partial charge in [-0.05, 0) is 65.4 Å². The number of aryl methyl sites for hydroxylation is 1. The first-order chi connectivity index (χ1) is 19.3. The van der Waals surface area contributed by atoms with Crippen LogP contribution in [0.1, 0.15) is 21.5 Å². The molecule has 0 saturated heterocycles. The summed E-state index contributed by atoms with van der Waals surface area (Å²) in [5.74, 6) is 1.89. The van der Waals surface area contributed by atoms with Gasteiger partial charge in [-0.15, -0.1) is 11.3 Å². The van der Waals surface area contributed by atoms with Gasteiger partial charge in [-0.3, -0.25) is 0 Å². The number of carboxylic acid groups (broad SMARTS) is 1. The molecular weight excluding hydrogens is 549 g/mol. The van der Waals surface area contributed by atoms with Crippen molar-refractivity contribution in [1.29, 1.82) is 0 Å². The minimum atomic E-state index is -4.05. The van der Waals surface area contributed by atoms with Crippen molar-refractivity contribution < 1.29 is 18.3 Å². The first-order valence-corrected chi connectivity index (χ1v) is 14.7. The van der Waals surface area contributed by atoms with Crippen LogP contribution in [0.2, 0.25) is 0 Å². The largest absolute Gasteiger partial charge is 0.478 e. The van der Waals surface area contributed by atoms with Crippen LogP contribution in [0.3, 0.4) is 0 Å². The molecule has 3 heterocycles. The first kappa shape index (κ1) is 28.3. The molecule has 6 aromatic rings. The van der Waals surface area contributed by atoms with E-state index < -0.39 is 16.0 Å². The number of fused-ring (bicyclic) bond motifs is 2. The van der Waals surface area contributed by atoms with Gasteiger partial charge in [0.1, 0.15) is 4.90 Å². The number of benzene rings is 3. The molecule has 0 aliphatic rings. The van der Waals surface area contributed by atoms with Crippen LogP contribution in [0.4, 0.5) is 0 Å². The molecule has 0 aliphatic heterocycles. The second kappa shape index (κ2) is 11.4. The van der Waals surface area contributed by atoms with E-state index in [9.17, 15) is 18.3 Å². The van der Waals surface area contributed by atoms with Crippen LogP contribution < -0.4 is 0 Å². The number of nitrogens with zero attached hydrogens (tertiary/aromatic N) is 3. The van der Waals surface area contributed by atoms with E-state index in [1.807, 2.05) is 60.3 Å². The van der Waals surface area contributed by atoms with Gasteiger partial charge in [0.2, 0.25) is 0 Å². The molecule has 0 amide bonds. The quantitative estimate of drug-likeness (QED) is 0.158. The Hall–Kier alpha value is -4.18. The summed E-state index contributed by atoms with van der Waals surface area (Å²) in [6.45, 7) is 0.0157. The number of carbonyl (C=O) groups is 1. The van der Waals surface area contributed by atoms with Crippen LogP contribution in [-0.4, -0.2) is 51.8 Å². The summed E-state index contributed by atoms with van der Waals surface area (Å²) in [6.07, 6.45) is 5.42. The molecule has 0 atom stereocenters. The van der Waals surface area contributed by atoms with Crippen LogP contribution in [0.5, 0.6) is 0 Å². The van der Waals surface area contributed by atoms with E-state index in [4.69, 9.17) is 0 Å². The molecule has 0 unspecified atom stereocenters. The fraction of sp³-hybridized carbons (Fsp3) is 0.0645. The number of para-hydroxylation sites is 1. The maximum Gasteiger partial charge on any atom is 0.337 e. The predicted molar refractivity (Wildman–Crippen MR) is 163 cm³/mol. The molecule has 0 bridgehead atoms. The fourth-order valence-corrected chi connectivity index (χ4v) is 7.45. The Bertz CT molecular complexity index is 2070. The molecule has 6 rings (SSSR count). The summed E-state index contributed by atoms with van der Waals surface area (Å²) in [5, 5.41) is 13.1. The van der Waals surface area contributed by atoms with Gasteiger partial charge in [0.25, 0.3) is 10.0 Å². The zero-order chi connectivity index (χ0) is 27.9. The summed E-state index contributed by atoms with van der Waals surface area (Å²) in [6, 6.07) is 26.4. The molecule has 1 radical (unpaired) electrons. The molecule has 7 nitrogen and oxygen atoms in total. The minimum Gasteiger partial charge on any atom is -0.478 e. The number of hydrogen-bond acceptors (Lipinski definition) is 4. The molecule has 3 aromatic carbocycles. The zero-order valence-electron chi connectivity index (χ0n) is 22.4. The molecule has 41 heavy (non-hydrogen) atoms. The first-order valence-electron chi connectivity index (χ1n) is 12.4. The molecule has 0 saturated carbocycles. The van der Waals surface area contributed by atoms with Crippen LogP contribution in [0, 0.1) is 12.0 Å². The topological polar surface area (TPSA) is 84.5 Å². The van der Waals surface area contributed by atoms with Gasteiger partial charge >= 0.3 is 5.97 Å². The van der Waals surface area contributed by atoms with E-state index in [1.165, 1.54) is 17.4 Å². The number of thiophene rings is 1. The molecule has 0 spiro atoms. The maximum atomic E-state index is 14.1. The van der Waals surface area contributed by atoms with Gasteiger partial charge in [-0.25, -0.2) is 17.5 Å². The third-order valence-electron chi connectivity index (χ3n) is 6.73. The van der Waals surface area contributed by atoms with Gasteiger partial charge in [-0.2, -0.15) is 0 Å². The Morgan fingerprint density at radius 2 is 1.76 bits per heavy atom. The van der Waals surface area contributed by atoms with Crippen molar-refractivity contribution in [2.75, 3.05) is 0 Å². The SMILES string of the molecule is Cn1ccc2cc(CN(C#Cc3cccc(C(=O)O)c3-n3cccc3)S(=O)(=O)c3csc4ccccc34)ccc21.[Li]. The molecule has 3 aromatic heterocycles. The number of hydrogen-bond donors (Lipinski definition) is 1. The van der Waals surface area contributed by atoms with Gasteiger partial charge in [0, 0.05) is 71.5 Å². The van der Waals surface area contributed by atoms with Crippen molar-refractivity contribution >= 4 is 67.2 Å².